The van der Waals surface area contributed by atoms with Crippen molar-refractivity contribution in [2.75, 3.05) is 0 Å². The van der Waals surface area contributed by atoms with Gasteiger partial charge in [-0.2, -0.15) is 5.26 Å². The Morgan fingerprint density at radius 2 is 1.80 bits per heavy atom. The first-order chi connectivity index (χ1) is 9.61. The topological polar surface area (TPSA) is 78.2 Å². The lowest BCUT2D eigenvalue weighted by molar-refractivity contribution is 0.0697. The number of carboxylic acids is 1. The predicted octanol–water partition coefficient (Wildman–Crippen LogP) is 2.56. The second-order valence-corrected chi connectivity index (χ2v) is 5.54. The van der Waals surface area contributed by atoms with Crippen LogP contribution < -0.4 is 0 Å². The Balaban J connectivity index is 2.20. The molecule has 100 valence electrons. The van der Waals surface area contributed by atoms with Crippen molar-refractivity contribution < 1.29 is 14.1 Å². The van der Waals surface area contributed by atoms with Crippen molar-refractivity contribution in [1.82, 2.24) is 0 Å². The Hall–Kier alpha value is -2.45. The van der Waals surface area contributed by atoms with Gasteiger partial charge in [0.25, 0.3) is 0 Å². The molecule has 0 saturated heterocycles. The second-order valence-electron chi connectivity index (χ2n) is 4.09. The van der Waals surface area contributed by atoms with E-state index < -0.39 is 16.8 Å². The van der Waals surface area contributed by atoms with Gasteiger partial charge in [-0.3, -0.25) is 4.21 Å². The lowest BCUT2D eigenvalue weighted by atomic mass is 10.1. The lowest BCUT2D eigenvalue weighted by Gasteiger charge is -2.05. The van der Waals surface area contributed by atoms with E-state index in [2.05, 4.69) is 6.07 Å². The van der Waals surface area contributed by atoms with Crippen LogP contribution in [0.2, 0.25) is 0 Å². The zero-order valence-corrected chi connectivity index (χ0v) is 11.3. The molecule has 0 saturated carbocycles. The molecule has 1 N–H and O–H groups in total. The Kier molecular flexibility index (Phi) is 4.28. The van der Waals surface area contributed by atoms with Crippen LogP contribution in [0.15, 0.2) is 53.4 Å². The van der Waals surface area contributed by atoms with Gasteiger partial charge in [0.15, 0.2) is 0 Å². The van der Waals surface area contributed by atoms with Crippen LogP contribution in [0.1, 0.15) is 21.5 Å². The van der Waals surface area contributed by atoms with Crippen molar-refractivity contribution >= 4 is 16.8 Å². The highest BCUT2D eigenvalue weighted by molar-refractivity contribution is 7.84. The molecule has 5 heteroatoms. The summed E-state index contributed by atoms with van der Waals surface area (Å²) >= 11 is 0. The molecule has 2 aromatic carbocycles. The first-order valence-corrected chi connectivity index (χ1v) is 7.13. The first kappa shape index (κ1) is 14.0. The molecule has 0 aliphatic heterocycles. The number of carboxylic acid groups (broad SMARTS) is 1. The quantitative estimate of drug-likeness (QED) is 0.936. The Bertz CT molecular complexity index is 702. The molecule has 2 aromatic rings. The standard InChI is InChI=1S/C15H11NO3S/c16-9-12-3-1-2-4-13(12)10-20(19)14-7-5-11(6-8-14)15(17)18/h1-8H,10H2,(H,17,18). The fourth-order valence-corrected chi connectivity index (χ4v) is 2.87. The first-order valence-electron chi connectivity index (χ1n) is 5.81. The van der Waals surface area contributed by atoms with E-state index in [1.165, 1.54) is 24.3 Å². The summed E-state index contributed by atoms with van der Waals surface area (Å²) in [5.74, 6) is -0.784. The van der Waals surface area contributed by atoms with Crippen LogP contribution in [0, 0.1) is 11.3 Å². The summed E-state index contributed by atoms with van der Waals surface area (Å²) < 4.78 is 12.2. The number of hydrogen-bond donors (Lipinski definition) is 1. The molecule has 4 nitrogen and oxygen atoms in total. The van der Waals surface area contributed by atoms with E-state index >= 15 is 0 Å². The Morgan fingerprint density at radius 3 is 2.40 bits per heavy atom. The second kappa shape index (κ2) is 6.13. The highest BCUT2D eigenvalue weighted by atomic mass is 32.2. The molecule has 0 aliphatic carbocycles. The molecule has 0 bridgehead atoms. The molecule has 0 fully saturated rings. The largest absolute Gasteiger partial charge is 0.478 e. The molecule has 1 atom stereocenters. The van der Waals surface area contributed by atoms with Crippen molar-refractivity contribution in [3.8, 4) is 6.07 Å². The van der Waals surface area contributed by atoms with Gasteiger partial charge < -0.3 is 5.11 Å². The summed E-state index contributed by atoms with van der Waals surface area (Å²) in [7, 11) is -1.31. The zero-order chi connectivity index (χ0) is 14.5. The molecule has 0 amide bonds. The monoisotopic (exact) mass is 285 g/mol. The van der Waals surface area contributed by atoms with Crippen molar-refractivity contribution in [1.29, 1.82) is 5.26 Å². The van der Waals surface area contributed by atoms with Gasteiger partial charge in [-0.1, -0.05) is 18.2 Å². The SMILES string of the molecule is N#Cc1ccccc1CS(=O)c1ccc(C(=O)O)cc1. The summed E-state index contributed by atoms with van der Waals surface area (Å²) in [6.45, 7) is 0. The van der Waals surface area contributed by atoms with Gasteiger partial charge in [0, 0.05) is 4.90 Å². The van der Waals surface area contributed by atoms with E-state index in [0.717, 1.165) is 5.56 Å². The third-order valence-electron chi connectivity index (χ3n) is 2.79. The van der Waals surface area contributed by atoms with Crippen LogP contribution in [0.4, 0.5) is 0 Å². The average molecular weight is 285 g/mol. The number of benzene rings is 2. The normalized spacial score (nSPS) is 11.6. The van der Waals surface area contributed by atoms with E-state index in [0.29, 0.717) is 10.5 Å². The van der Waals surface area contributed by atoms with Crippen molar-refractivity contribution in [2.45, 2.75) is 10.6 Å². The predicted molar refractivity (Wildman–Crippen MR) is 74.7 cm³/mol. The van der Waals surface area contributed by atoms with Crippen LogP contribution in [-0.4, -0.2) is 15.3 Å². The van der Waals surface area contributed by atoms with Crippen molar-refractivity contribution in [2.24, 2.45) is 0 Å². The number of aromatic carboxylic acids is 1. The molecule has 0 radical (unpaired) electrons. The van der Waals surface area contributed by atoms with Crippen LogP contribution in [-0.2, 0) is 16.6 Å². The molecule has 1 unspecified atom stereocenters. The summed E-state index contributed by atoms with van der Waals surface area (Å²) in [5.41, 5.74) is 1.38. The van der Waals surface area contributed by atoms with Gasteiger partial charge in [0.05, 0.1) is 33.7 Å². The summed E-state index contributed by atoms with van der Waals surface area (Å²) in [6, 6.07) is 15.0. The van der Waals surface area contributed by atoms with E-state index in [9.17, 15) is 9.00 Å². The number of nitrogens with zero attached hydrogens (tertiary/aromatic N) is 1. The minimum Gasteiger partial charge on any atom is -0.478 e. The molecular weight excluding hydrogens is 274 g/mol. The summed E-state index contributed by atoms with van der Waals surface area (Å²) in [4.78, 5) is 11.3. The maximum atomic E-state index is 12.2. The lowest BCUT2D eigenvalue weighted by Crippen LogP contribution is -2.00. The van der Waals surface area contributed by atoms with Gasteiger partial charge in [-0.15, -0.1) is 0 Å². The van der Waals surface area contributed by atoms with Gasteiger partial charge in [-0.25, -0.2) is 4.79 Å². The highest BCUT2D eigenvalue weighted by Crippen LogP contribution is 2.16. The Labute approximate surface area is 118 Å². The van der Waals surface area contributed by atoms with Crippen LogP contribution >= 0.6 is 0 Å². The van der Waals surface area contributed by atoms with E-state index in [1.54, 1.807) is 24.3 Å². The minimum absolute atomic E-state index is 0.156. The maximum absolute atomic E-state index is 12.2. The molecular formula is C15H11NO3S. The fraction of sp³-hybridized carbons (Fsp3) is 0.0667. The van der Waals surface area contributed by atoms with Gasteiger partial charge >= 0.3 is 5.97 Å². The van der Waals surface area contributed by atoms with E-state index in [1.807, 2.05) is 0 Å². The third-order valence-corrected chi connectivity index (χ3v) is 4.16. The van der Waals surface area contributed by atoms with Gasteiger partial charge in [0.1, 0.15) is 0 Å². The van der Waals surface area contributed by atoms with Crippen LogP contribution in [0.5, 0.6) is 0 Å². The fourth-order valence-electron chi connectivity index (χ4n) is 1.73. The van der Waals surface area contributed by atoms with Crippen LogP contribution in [0.3, 0.4) is 0 Å². The molecule has 20 heavy (non-hydrogen) atoms. The molecule has 0 aromatic heterocycles. The van der Waals surface area contributed by atoms with Crippen molar-refractivity contribution in [3.63, 3.8) is 0 Å². The summed E-state index contributed by atoms with van der Waals surface area (Å²) in [6.07, 6.45) is 0. The highest BCUT2D eigenvalue weighted by Gasteiger charge is 2.09. The molecule has 0 aliphatic rings. The molecule has 0 heterocycles. The maximum Gasteiger partial charge on any atom is 0.335 e. The average Bonchev–Trinajstić information content (AvgIpc) is 2.48. The number of rotatable bonds is 4. The number of hydrogen-bond acceptors (Lipinski definition) is 3. The zero-order valence-electron chi connectivity index (χ0n) is 10.4. The van der Waals surface area contributed by atoms with E-state index in [4.69, 9.17) is 10.4 Å². The van der Waals surface area contributed by atoms with E-state index in [-0.39, 0.29) is 11.3 Å². The smallest absolute Gasteiger partial charge is 0.335 e. The van der Waals surface area contributed by atoms with Crippen LogP contribution in [0.25, 0.3) is 0 Å². The number of carbonyl (C=O) groups is 1. The molecule has 2 rings (SSSR count). The van der Waals surface area contributed by atoms with Gasteiger partial charge in [0.2, 0.25) is 0 Å². The van der Waals surface area contributed by atoms with Crippen molar-refractivity contribution in [3.05, 3.63) is 65.2 Å². The third kappa shape index (κ3) is 3.11. The Morgan fingerprint density at radius 1 is 1.15 bits per heavy atom. The van der Waals surface area contributed by atoms with Gasteiger partial charge in [-0.05, 0) is 35.9 Å². The minimum atomic E-state index is -1.31. The molecule has 0 spiro atoms. The number of nitriles is 1. The summed E-state index contributed by atoms with van der Waals surface area (Å²) in [5, 5.41) is 17.8.